The Kier molecular flexibility index (Phi) is 5.43. The van der Waals surface area contributed by atoms with E-state index < -0.39 is 0 Å². The van der Waals surface area contributed by atoms with Crippen molar-refractivity contribution in [3.8, 4) is 5.75 Å². The molecule has 0 saturated heterocycles. The van der Waals surface area contributed by atoms with E-state index in [4.69, 9.17) is 9.84 Å². The van der Waals surface area contributed by atoms with Gasteiger partial charge in [0.25, 0.3) is 0 Å². The van der Waals surface area contributed by atoms with Crippen molar-refractivity contribution in [3.05, 3.63) is 42.0 Å². The Balaban J connectivity index is 2.92. The first-order chi connectivity index (χ1) is 8.19. The molecule has 3 heteroatoms. The number of aryl methyl sites for hydroxylation is 1. The maximum absolute atomic E-state index is 11.4. The Morgan fingerprint density at radius 3 is 2.88 bits per heavy atom. The predicted octanol–water partition coefficient (Wildman–Crippen LogP) is 2.38. The fourth-order valence-corrected chi connectivity index (χ4v) is 1.63. The van der Waals surface area contributed by atoms with Crippen LogP contribution in [0.1, 0.15) is 29.3 Å². The molecule has 0 aliphatic carbocycles. The average Bonchev–Trinajstić information content (AvgIpc) is 2.33. The van der Waals surface area contributed by atoms with Crippen LogP contribution in [0.2, 0.25) is 0 Å². The van der Waals surface area contributed by atoms with Crippen LogP contribution in [0.4, 0.5) is 0 Å². The lowest BCUT2D eigenvalue weighted by Gasteiger charge is -2.10. The maximum Gasteiger partial charge on any atom is 0.160 e. The molecule has 0 radical (unpaired) electrons. The lowest BCUT2D eigenvalue weighted by molar-refractivity contribution is 0.101. The summed E-state index contributed by atoms with van der Waals surface area (Å²) in [6.45, 7) is 5.48. The van der Waals surface area contributed by atoms with E-state index >= 15 is 0 Å². The summed E-state index contributed by atoms with van der Waals surface area (Å²) >= 11 is 0. The number of aliphatic hydroxyl groups is 1. The number of hydrogen-bond acceptors (Lipinski definition) is 3. The predicted molar refractivity (Wildman–Crippen MR) is 67.5 cm³/mol. The average molecular weight is 234 g/mol. The minimum atomic E-state index is -0.0174. The summed E-state index contributed by atoms with van der Waals surface area (Å²) < 4.78 is 5.32. The van der Waals surface area contributed by atoms with E-state index in [1.54, 1.807) is 19.1 Å². The molecule has 1 aromatic carbocycles. The number of benzene rings is 1. The normalized spacial score (nSPS) is 10.0. The fraction of sp³-hybridized carbons (Fsp3) is 0.357. The van der Waals surface area contributed by atoms with Crippen molar-refractivity contribution in [1.29, 1.82) is 0 Å². The molecule has 1 aromatic rings. The monoisotopic (exact) mass is 234 g/mol. The first kappa shape index (κ1) is 13.5. The van der Waals surface area contributed by atoms with Crippen molar-refractivity contribution in [2.45, 2.75) is 19.8 Å². The number of allylic oxidation sites excluding steroid dienone is 1. The molecule has 0 fully saturated rings. The lowest BCUT2D eigenvalue weighted by Crippen LogP contribution is -2.04. The van der Waals surface area contributed by atoms with Gasteiger partial charge < -0.3 is 9.84 Å². The van der Waals surface area contributed by atoms with E-state index in [-0.39, 0.29) is 19.0 Å². The van der Waals surface area contributed by atoms with E-state index in [1.807, 2.05) is 12.1 Å². The van der Waals surface area contributed by atoms with Crippen LogP contribution in [0.15, 0.2) is 30.9 Å². The SMILES string of the molecule is C=CCCc1cc(OCCO)ccc1C(C)=O. The smallest absolute Gasteiger partial charge is 0.160 e. The Morgan fingerprint density at radius 2 is 2.29 bits per heavy atom. The van der Waals surface area contributed by atoms with Gasteiger partial charge in [-0.15, -0.1) is 6.58 Å². The van der Waals surface area contributed by atoms with Crippen molar-refractivity contribution < 1.29 is 14.6 Å². The summed E-state index contributed by atoms with van der Waals surface area (Å²) in [4.78, 5) is 11.4. The number of carbonyl (C=O) groups is 1. The second-order valence-corrected chi connectivity index (χ2v) is 3.77. The van der Waals surface area contributed by atoms with E-state index in [0.717, 1.165) is 24.0 Å². The van der Waals surface area contributed by atoms with Gasteiger partial charge in [-0.25, -0.2) is 0 Å². The van der Waals surface area contributed by atoms with Gasteiger partial charge in [0.2, 0.25) is 0 Å². The van der Waals surface area contributed by atoms with Crippen LogP contribution in [0.25, 0.3) is 0 Å². The van der Waals surface area contributed by atoms with Gasteiger partial charge in [-0.1, -0.05) is 6.08 Å². The molecule has 0 saturated carbocycles. The van der Waals surface area contributed by atoms with Gasteiger partial charge in [0.15, 0.2) is 5.78 Å². The van der Waals surface area contributed by atoms with Crippen molar-refractivity contribution in [1.82, 2.24) is 0 Å². The first-order valence-corrected chi connectivity index (χ1v) is 5.67. The molecule has 17 heavy (non-hydrogen) atoms. The number of aliphatic hydroxyl groups excluding tert-OH is 1. The van der Waals surface area contributed by atoms with Crippen molar-refractivity contribution in [2.75, 3.05) is 13.2 Å². The molecular formula is C14H18O3. The third kappa shape index (κ3) is 4.04. The molecule has 0 heterocycles. The van der Waals surface area contributed by atoms with Crippen molar-refractivity contribution >= 4 is 5.78 Å². The Bertz CT molecular complexity index is 396. The van der Waals surface area contributed by atoms with Crippen LogP contribution in [0.3, 0.4) is 0 Å². The highest BCUT2D eigenvalue weighted by Gasteiger charge is 2.08. The van der Waals surface area contributed by atoms with Gasteiger partial charge in [0.05, 0.1) is 6.61 Å². The molecule has 0 aliphatic heterocycles. The second kappa shape index (κ2) is 6.86. The van der Waals surface area contributed by atoms with Crippen molar-refractivity contribution in [2.24, 2.45) is 0 Å². The zero-order valence-corrected chi connectivity index (χ0v) is 10.1. The van der Waals surface area contributed by atoms with Crippen LogP contribution in [-0.4, -0.2) is 24.1 Å². The number of rotatable bonds is 7. The number of ketones is 1. The Morgan fingerprint density at radius 1 is 1.53 bits per heavy atom. The molecule has 0 unspecified atom stereocenters. The molecule has 0 atom stereocenters. The highest BCUT2D eigenvalue weighted by molar-refractivity contribution is 5.95. The highest BCUT2D eigenvalue weighted by atomic mass is 16.5. The Labute approximate surface area is 102 Å². The van der Waals surface area contributed by atoms with E-state index in [9.17, 15) is 4.79 Å². The highest BCUT2D eigenvalue weighted by Crippen LogP contribution is 2.20. The van der Waals surface area contributed by atoms with Gasteiger partial charge in [-0.05, 0) is 43.5 Å². The van der Waals surface area contributed by atoms with Crippen LogP contribution >= 0.6 is 0 Å². The number of carbonyl (C=O) groups excluding carboxylic acids is 1. The molecule has 0 amide bonds. The van der Waals surface area contributed by atoms with Crippen LogP contribution in [0, 0.1) is 0 Å². The molecule has 0 bridgehead atoms. The molecule has 0 aromatic heterocycles. The summed E-state index contributed by atoms with van der Waals surface area (Å²) in [6.07, 6.45) is 3.42. The minimum Gasteiger partial charge on any atom is -0.491 e. The summed E-state index contributed by atoms with van der Waals surface area (Å²) in [5.41, 5.74) is 1.69. The number of Topliss-reactive ketones (excluding diaryl/α,β-unsaturated/α-hetero) is 1. The van der Waals surface area contributed by atoms with Crippen molar-refractivity contribution in [3.63, 3.8) is 0 Å². The number of hydrogen-bond donors (Lipinski definition) is 1. The second-order valence-electron chi connectivity index (χ2n) is 3.77. The molecule has 1 N–H and O–H groups in total. The van der Waals surface area contributed by atoms with Gasteiger partial charge >= 0.3 is 0 Å². The van der Waals surface area contributed by atoms with E-state index in [2.05, 4.69) is 6.58 Å². The molecule has 0 aliphatic rings. The zero-order chi connectivity index (χ0) is 12.7. The Hall–Kier alpha value is -1.61. The molecule has 1 rings (SSSR count). The minimum absolute atomic E-state index is 0.0174. The van der Waals surface area contributed by atoms with E-state index in [0.29, 0.717) is 5.75 Å². The molecule has 0 spiro atoms. The van der Waals surface area contributed by atoms with Gasteiger partial charge in [0.1, 0.15) is 12.4 Å². The summed E-state index contributed by atoms with van der Waals surface area (Å²) in [6, 6.07) is 5.38. The van der Waals surface area contributed by atoms with E-state index in [1.165, 1.54) is 0 Å². The molecule has 92 valence electrons. The molecule has 3 nitrogen and oxygen atoms in total. The largest absolute Gasteiger partial charge is 0.491 e. The maximum atomic E-state index is 11.4. The topological polar surface area (TPSA) is 46.5 Å². The molecular weight excluding hydrogens is 216 g/mol. The van der Waals surface area contributed by atoms with Crippen LogP contribution in [0.5, 0.6) is 5.75 Å². The lowest BCUT2D eigenvalue weighted by atomic mass is 10.00. The van der Waals surface area contributed by atoms with Gasteiger partial charge in [0, 0.05) is 5.56 Å². The van der Waals surface area contributed by atoms with Crippen LogP contribution in [-0.2, 0) is 6.42 Å². The third-order valence-corrected chi connectivity index (χ3v) is 2.43. The summed E-state index contributed by atoms with van der Waals surface area (Å²) in [7, 11) is 0. The summed E-state index contributed by atoms with van der Waals surface area (Å²) in [5, 5.41) is 8.69. The van der Waals surface area contributed by atoms with Gasteiger partial charge in [-0.2, -0.15) is 0 Å². The fourth-order valence-electron chi connectivity index (χ4n) is 1.63. The third-order valence-electron chi connectivity index (χ3n) is 2.43. The first-order valence-electron chi connectivity index (χ1n) is 5.67. The van der Waals surface area contributed by atoms with Gasteiger partial charge in [-0.3, -0.25) is 4.79 Å². The van der Waals surface area contributed by atoms with Crippen LogP contribution < -0.4 is 4.74 Å². The quantitative estimate of drug-likeness (QED) is 0.582. The zero-order valence-electron chi connectivity index (χ0n) is 10.1. The standard InChI is InChI=1S/C14H18O3/c1-3-4-5-12-10-13(17-9-8-15)6-7-14(12)11(2)16/h3,6-7,10,15H,1,4-5,8-9H2,2H3. The number of ether oxygens (including phenoxy) is 1. The summed E-state index contributed by atoms with van der Waals surface area (Å²) in [5.74, 6) is 0.737.